The standard InChI is InChI=1S/C19H32N6O2S/c1-14-10-15(2)12-24(11-14)8-5-7-20-16(26)13-23(3)18-21-22-19(28-18)25-9-4-6-17(25)27/h14-15H,4-13H2,1-3H3,(H,20,26)/t14-,15-/m1/s1. The molecule has 2 aliphatic heterocycles. The van der Waals surface area contributed by atoms with Crippen molar-refractivity contribution >= 4 is 33.4 Å². The van der Waals surface area contributed by atoms with Crippen LogP contribution in [0.25, 0.3) is 0 Å². The second-order valence-corrected chi connectivity index (χ2v) is 9.22. The van der Waals surface area contributed by atoms with Crippen LogP contribution in [0.5, 0.6) is 0 Å². The summed E-state index contributed by atoms with van der Waals surface area (Å²) >= 11 is 1.35. The molecule has 0 saturated carbocycles. The number of hydrogen-bond donors (Lipinski definition) is 1. The Hall–Kier alpha value is -1.74. The van der Waals surface area contributed by atoms with Gasteiger partial charge in [0.25, 0.3) is 0 Å². The van der Waals surface area contributed by atoms with Crippen LogP contribution in [0.3, 0.4) is 0 Å². The van der Waals surface area contributed by atoms with Crippen molar-refractivity contribution in [3.05, 3.63) is 0 Å². The topological polar surface area (TPSA) is 81.7 Å². The molecule has 2 fully saturated rings. The van der Waals surface area contributed by atoms with Crippen LogP contribution >= 0.6 is 11.3 Å². The molecule has 2 atom stereocenters. The maximum absolute atomic E-state index is 12.2. The molecule has 1 N–H and O–H groups in total. The van der Waals surface area contributed by atoms with Gasteiger partial charge >= 0.3 is 0 Å². The zero-order valence-corrected chi connectivity index (χ0v) is 18.0. The lowest BCUT2D eigenvalue weighted by atomic mass is 9.92. The molecule has 1 aromatic heterocycles. The van der Waals surface area contributed by atoms with Gasteiger partial charge < -0.3 is 15.1 Å². The highest BCUT2D eigenvalue weighted by molar-refractivity contribution is 7.19. The van der Waals surface area contributed by atoms with Gasteiger partial charge in [-0.3, -0.25) is 14.5 Å². The van der Waals surface area contributed by atoms with Gasteiger partial charge in [0.05, 0.1) is 6.54 Å². The summed E-state index contributed by atoms with van der Waals surface area (Å²) in [6, 6.07) is 0. The Kier molecular flexibility index (Phi) is 7.23. The van der Waals surface area contributed by atoms with Crippen molar-refractivity contribution in [2.75, 3.05) is 56.1 Å². The fraction of sp³-hybridized carbons (Fsp3) is 0.789. The van der Waals surface area contributed by atoms with Gasteiger partial charge in [0.2, 0.25) is 22.1 Å². The van der Waals surface area contributed by atoms with E-state index in [1.807, 2.05) is 7.05 Å². The Morgan fingerprint density at radius 3 is 2.71 bits per heavy atom. The number of aromatic nitrogens is 2. The van der Waals surface area contributed by atoms with E-state index in [9.17, 15) is 9.59 Å². The summed E-state index contributed by atoms with van der Waals surface area (Å²) in [6.45, 7) is 9.63. The normalized spacial score (nSPS) is 23.2. The van der Waals surface area contributed by atoms with Crippen LogP contribution in [0.2, 0.25) is 0 Å². The summed E-state index contributed by atoms with van der Waals surface area (Å²) in [5.74, 6) is 1.61. The predicted molar refractivity (Wildman–Crippen MR) is 112 cm³/mol. The summed E-state index contributed by atoms with van der Waals surface area (Å²) in [4.78, 5) is 30.0. The lowest BCUT2D eigenvalue weighted by molar-refractivity contribution is -0.120. The number of anilines is 2. The molecule has 156 valence electrons. The maximum Gasteiger partial charge on any atom is 0.239 e. The van der Waals surface area contributed by atoms with Crippen LogP contribution in [0, 0.1) is 11.8 Å². The molecule has 0 spiro atoms. The number of amides is 2. The van der Waals surface area contributed by atoms with Gasteiger partial charge in [-0.2, -0.15) is 0 Å². The molecule has 0 unspecified atom stereocenters. The molecule has 28 heavy (non-hydrogen) atoms. The Morgan fingerprint density at radius 1 is 1.29 bits per heavy atom. The monoisotopic (exact) mass is 408 g/mol. The summed E-state index contributed by atoms with van der Waals surface area (Å²) in [5, 5.41) is 12.5. The van der Waals surface area contributed by atoms with Crippen molar-refractivity contribution in [1.29, 1.82) is 0 Å². The first-order valence-corrected chi connectivity index (χ1v) is 11.1. The minimum atomic E-state index is -0.0168. The maximum atomic E-state index is 12.2. The Balaban J connectivity index is 1.36. The van der Waals surface area contributed by atoms with Crippen molar-refractivity contribution in [2.24, 2.45) is 11.8 Å². The van der Waals surface area contributed by atoms with E-state index >= 15 is 0 Å². The first-order valence-electron chi connectivity index (χ1n) is 10.3. The zero-order chi connectivity index (χ0) is 20.1. The number of rotatable bonds is 8. The van der Waals surface area contributed by atoms with Crippen LogP contribution in [0.1, 0.15) is 39.5 Å². The van der Waals surface area contributed by atoms with Crippen LogP contribution in [0.4, 0.5) is 10.3 Å². The number of likely N-dealkylation sites (N-methyl/N-ethyl adjacent to an activating group) is 1. The highest BCUT2D eigenvalue weighted by atomic mass is 32.1. The summed E-state index contributed by atoms with van der Waals surface area (Å²) < 4.78 is 0. The zero-order valence-electron chi connectivity index (χ0n) is 17.2. The minimum Gasteiger partial charge on any atom is -0.355 e. The van der Waals surface area contributed by atoms with Crippen LogP contribution in [-0.2, 0) is 9.59 Å². The Labute approximate surface area is 171 Å². The molecular formula is C19H32N6O2S. The number of likely N-dealkylation sites (tertiary alicyclic amines) is 1. The first kappa shape index (κ1) is 21.0. The third kappa shape index (κ3) is 5.64. The van der Waals surface area contributed by atoms with E-state index < -0.39 is 0 Å². The number of nitrogens with zero attached hydrogens (tertiary/aromatic N) is 5. The molecule has 0 aliphatic carbocycles. The molecule has 9 heteroatoms. The summed E-state index contributed by atoms with van der Waals surface area (Å²) in [7, 11) is 1.83. The molecular weight excluding hydrogens is 376 g/mol. The predicted octanol–water partition coefficient (Wildman–Crippen LogP) is 1.59. The summed E-state index contributed by atoms with van der Waals surface area (Å²) in [6.07, 6.45) is 3.72. The molecule has 3 heterocycles. The lowest BCUT2D eigenvalue weighted by Crippen LogP contribution is -2.41. The molecule has 0 bridgehead atoms. The van der Waals surface area contributed by atoms with Crippen LogP contribution in [0.15, 0.2) is 0 Å². The number of carbonyl (C=O) groups is 2. The largest absolute Gasteiger partial charge is 0.355 e. The van der Waals surface area contributed by atoms with Gasteiger partial charge in [-0.1, -0.05) is 25.2 Å². The van der Waals surface area contributed by atoms with Crippen molar-refractivity contribution in [3.63, 3.8) is 0 Å². The van der Waals surface area contributed by atoms with E-state index in [4.69, 9.17) is 0 Å². The van der Waals surface area contributed by atoms with E-state index in [-0.39, 0.29) is 18.4 Å². The van der Waals surface area contributed by atoms with Gasteiger partial charge in [-0.05, 0) is 37.6 Å². The number of nitrogens with one attached hydrogen (secondary N) is 1. The molecule has 8 nitrogen and oxygen atoms in total. The lowest BCUT2D eigenvalue weighted by Gasteiger charge is -2.34. The Morgan fingerprint density at radius 2 is 2.04 bits per heavy atom. The SMILES string of the molecule is C[C@@H]1C[C@@H](C)CN(CCCNC(=O)CN(C)c2nnc(N3CCCC3=O)s2)C1. The van der Waals surface area contributed by atoms with Gasteiger partial charge in [-0.25, -0.2) is 0 Å². The molecule has 1 aromatic rings. The highest BCUT2D eigenvalue weighted by Gasteiger charge is 2.26. The van der Waals surface area contributed by atoms with Crippen molar-refractivity contribution in [1.82, 2.24) is 20.4 Å². The third-order valence-electron chi connectivity index (χ3n) is 5.33. The summed E-state index contributed by atoms with van der Waals surface area (Å²) in [5.41, 5.74) is 0. The fourth-order valence-corrected chi connectivity index (χ4v) is 5.02. The fourth-order valence-electron chi connectivity index (χ4n) is 4.17. The number of carbonyl (C=O) groups excluding carboxylic acids is 2. The smallest absolute Gasteiger partial charge is 0.239 e. The minimum absolute atomic E-state index is 0.0168. The number of hydrogen-bond acceptors (Lipinski definition) is 7. The van der Waals surface area contributed by atoms with Gasteiger partial charge in [0.1, 0.15) is 0 Å². The molecule has 0 radical (unpaired) electrons. The quantitative estimate of drug-likeness (QED) is 0.658. The van der Waals surface area contributed by atoms with Crippen molar-refractivity contribution < 1.29 is 9.59 Å². The second kappa shape index (κ2) is 9.65. The number of piperidine rings is 1. The van der Waals surface area contributed by atoms with E-state index in [0.717, 1.165) is 31.2 Å². The van der Waals surface area contributed by atoms with E-state index in [2.05, 4.69) is 34.3 Å². The van der Waals surface area contributed by atoms with Crippen molar-refractivity contribution in [3.8, 4) is 0 Å². The van der Waals surface area contributed by atoms with E-state index in [1.54, 1.807) is 9.80 Å². The van der Waals surface area contributed by atoms with E-state index in [1.165, 1.54) is 30.8 Å². The second-order valence-electron chi connectivity index (χ2n) is 8.28. The third-order valence-corrected chi connectivity index (χ3v) is 6.39. The van der Waals surface area contributed by atoms with Crippen LogP contribution < -0.4 is 15.1 Å². The molecule has 2 aliphatic rings. The van der Waals surface area contributed by atoms with Crippen LogP contribution in [-0.4, -0.2) is 73.2 Å². The molecule has 2 saturated heterocycles. The highest BCUT2D eigenvalue weighted by Crippen LogP contribution is 2.29. The van der Waals surface area contributed by atoms with Crippen molar-refractivity contribution in [2.45, 2.75) is 39.5 Å². The van der Waals surface area contributed by atoms with Gasteiger partial charge in [0, 0.05) is 39.6 Å². The Bertz CT molecular complexity index is 671. The molecule has 3 rings (SSSR count). The van der Waals surface area contributed by atoms with E-state index in [0.29, 0.717) is 29.8 Å². The average Bonchev–Trinajstić information content (AvgIpc) is 3.26. The average molecular weight is 409 g/mol. The molecule has 2 amide bonds. The van der Waals surface area contributed by atoms with Gasteiger partial charge in [-0.15, -0.1) is 10.2 Å². The first-order chi connectivity index (χ1) is 13.4. The van der Waals surface area contributed by atoms with Gasteiger partial charge in [0.15, 0.2) is 0 Å². The molecule has 0 aromatic carbocycles.